The summed E-state index contributed by atoms with van der Waals surface area (Å²) in [6, 6.07) is 20.5. The maximum Gasteiger partial charge on any atom is 0.253 e. The fraction of sp³-hybridized carbons (Fsp3) is 0.167. The molecule has 140 valence electrons. The molecular formula is C24H23N3O. The average Bonchev–Trinajstić information content (AvgIpc) is 3.09. The third kappa shape index (κ3) is 3.96. The van der Waals surface area contributed by atoms with E-state index in [-0.39, 0.29) is 5.91 Å². The number of nitrogens with one attached hydrogen (secondary N) is 1. The maximum atomic E-state index is 12.8. The first-order chi connectivity index (χ1) is 13.7. The Morgan fingerprint density at radius 3 is 2.50 bits per heavy atom. The average molecular weight is 369 g/mol. The lowest BCUT2D eigenvalue weighted by Crippen LogP contribution is -2.25. The molecule has 0 aliphatic carbocycles. The molecule has 4 heteroatoms. The van der Waals surface area contributed by atoms with E-state index in [9.17, 15) is 4.79 Å². The largest absolute Gasteiger partial charge is 0.352 e. The predicted molar refractivity (Wildman–Crippen MR) is 112 cm³/mol. The highest BCUT2D eigenvalue weighted by Crippen LogP contribution is 2.22. The smallest absolute Gasteiger partial charge is 0.253 e. The molecule has 0 aliphatic heterocycles. The molecule has 0 radical (unpaired) electrons. The van der Waals surface area contributed by atoms with Crippen molar-refractivity contribution in [1.82, 2.24) is 14.9 Å². The lowest BCUT2D eigenvalue weighted by atomic mass is 10.1. The van der Waals surface area contributed by atoms with Crippen molar-refractivity contribution >= 4 is 16.8 Å². The molecule has 1 amide bonds. The fourth-order valence-electron chi connectivity index (χ4n) is 3.41. The molecular weight excluding hydrogens is 346 g/mol. The highest BCUT2D eigenvalue weighted by atomic mass is 16.1. The van der Waals surface area contributed by atoms with Gasteiger partial charge in [0.2, 0.25) is 0 Å². The summed E-state index contributed by atoms with van der Waals surface area (Å²) < 4.78 is 2.15. The molecule has 1 N–H and O–H groups in total. The van der Waals surface area contributed by atoms with Crippen molar-refractivity contribution in [2.24, 2.45) is 0 Å². The number of carbonyl (C=O) groups excluding carboxylic acids is 1. The second-order valence-electron chi connectivity index (χ2n) is 7.03. The summed E-state index contributed by atoms with van der Waals surface area (Å²) in [6.07, 6.45) is 6.30. The van der Waals surface area contributed by atoms with Gasteiger partial charge in [-0.1, -0.05) is 48.0 Å². The summed E-state index contributed by atoms with van der Waals surface area (Å²) >= 11 is 0. The van der Waals surface area contributed by atoms with E-state index < -0.39 is 0 Å². The monoisotopic (exact) mass is 369 g/mol. The number of aryl methyl sites for hydroxylation is 1. The van der Waals surface area contributed by atoms with Gasteiger partial charge in [-0.05, 0) is 42.7 Å². The van der Waals surface area contributed by atoms with E-state index in [1.807, 2.05) is 36.5 Å². The molecule has 4 nitrogen and oxygen atoms in total. The van der Waals surface area contributed by atoms with Crippen LogP contribution >= 0.6 is 0 Å². The van der Waals surface area contributed by atoms with Gasteiger partial charge in [0.15, 0.2) is 0 Å². The van der Waals surface area contributed by atoms with E-state index in [2.05, 4.69) is 52.1 Å². The van der Waals surface area contributed by atoms with Crippen molar-refractivity contribution in [2.75, 3.05) is 6.54 Å². The first kappa shape index (κ1) is 18.0. The van der Waals surface area contributed by atoms with Crippen LogP contribution in [0.3, 0.4) is 0 Å². The van der Waals surface area contributed by atoms with Crippen LogP contribution in [0.5, 0.6) is 0 Å². The van der Waals surface area contributed by atoms with Crippen LogP contribution in [0.2, 0.25) is 0 Å². The Bertz CT molecular complexity index is 1080. The van der Waals surface area contributed by atoms with Crippen LogP contribution in [0.25, 0.3) is 10.9 Å². The Kier molecular flexibility index (Phi) is 5.20. The minimum absolute atomic E-state index is 0.0343. The highest BCUT2D eigenvalue weighted by molar-refractivity contribution is 6.07. The number of para-hydroxylation sites is 1. The van der Waals surface area contributed by atoms with E-state index in [1.165, 1.54) is 11.1 Å². The van der Waals surface area contributed by atoms with Gasteiger partial charge in [0, 0.05) is 42.6 Å². The first-order valence-corrected chi connectivity index (χ1v) is 9.51. The molecule has 0 fully saturated rings. The highest BCUT2D eigenvalue weighted by Gasteiger charge is 2.14. The molecule has 2 heterocycles. The minimum Gasteiger partial charge on any atom is -0.352 e. The quantitative estimate of drug-likeness (QED) is 0.549. The molecule has 0 atom stereocenters. The number of rotatable bonds is 6. The number of fused-ring (bicyclic) bond motifs is 1. The lowest BCUT2D eigenvalue weighted by molar-refractivity contribution is 0.0955. The van der Waals surface area contributed by atoms with Crippen LogP contribution in [0, 0.1) is 6.92 Å². The molecule has 28 heavy (non-hydrogen) atoms. The molecule has 4 rings (SSSR count). The van der Waals surface area contributed by atoms with Gasteiger partial charge in [-0.2, -0.15) is 0 Å². The molecule has 2 aromatic carbocycles. The lowest BCUT2D eigenvalue weighted by Gasteiger charge is -2.06. The van der Waals surface area contributed by atoms with Crippen molar-refractivity contribution < 1.29 is 4.79 Å². The molecule has 4 aromatic rings. The zero-order chi connectivity index (χ0) is 19.3. The summed E-state index contributed by atoms with van der Waals surface area (Å²) in [7, 11) is 0. The summed E-state index contributed by atoms with van der Waals surface area (Å²) in [5.41, 5.74) is 5.42. The zero-order valence-corrected chi connectivity index (χ0v) is 15.9. The SMILES string of the molecule is Cc1ccc(Cn2cc(C(=O)NCCc3ccncc3)c3ccccc32)cc1. The number of amides is 1. The zero-order valence-electron chi connectivity index (χ0n) is 15.9. The number of carbonyl (C=O) groups is 1. The third-order valence-corrected chi connectivity index (χ3v) is 4.96. The Balaban J connectivity index is 1.53. The van der Waals surface area contributed by atoms with E-state index in [1.54, 1.807) is 12.4 Å². The Hall–Kier alpha value is -3.40. The Morgan fingerprint density at radius 2 is 1.71 bits per heavy atom. The van der Waals surface area contributed by atoms with Crippen molar-refractivity contribution in [3.05, 3.63) is 102 Å². The van der Waals surface area contributed by atoms with Crippen molar-refractivity contribution in [2.45, 2.75) is 19.9 Å². The van der Waals surface area contributed by atoms with Crippen LogP contribution in [-0.4, -0.2) is 22.0 Å². The van der Waals surface area contributed by atoms with E-state index in [0.29, 0.717) is 6.54 Å². The standard InChI is InChI=1S/C24H23N3O/c1-18-6-8-20(9-7-18)16-27-17-22(21-4-2-3-5-23(21)27)24(28)26-15-12-19-10-13-25-14-11-19/h2-11,13-14,17H,12,15-16H2,1H3,(H,26,28). The Morgan fingerprint density at radius 1 is 0.964 bits per heavy atom. The first-order valence-electron chi connectivity index (χ1n) is 9.51. The normalized spacial score (nSPS) is 10.9. The molecule has 0 saturated heterocycles. The number of benzene rings is 2. The summed E-state index contributed by atoms with van der Waals surface area (Å²) in [6.45, 7) is 3.43. The van der Waals surface area contributed by atoms with Gasteiger partial charge in [-0.25, -0.2) is 0 Å². The van der Waals surface area contributed by atoms with Crippen molar-refractivity contribution in [3.63, 3.8) is 0 Å². The van der Waals surface area contributed by atoms with Gasteiger partial charge >= 0.3 is 0 Å². The van der Waals surface area contributed by atoms with Crippen molar-refractivity contribution in [3.8, 4) is 0 Å². The minimum atomic E-state index is -0.0343. The number of nitrogens with zero attached hydrogens (tertiary/aromatic N) is 2. The number of hydrogen-bond donors (Lipinski definition) is 1. The summed E-state index contributed by atoms with van der Waals surface area (Å²) in [4.78, 5) is 16.8. The van der Waals surface area contributed by atoms with E-state index in [0.717, 1.165) is 35.0 Å². The van der Waals surface area contributed by atoms with Gasteiger partial charge in [0.1, 0.15) is 0 Å². The molecule has 2 aromatic heterocycles. The number of aromatic nitrogens is 2. The molecule has 0 spiro atoms. The van der Waals surface area contributed by atoms with Crippen LogP contribution in [0.1, 0.15) is 27.0 Å². The number of hydrogen-bond acceptors (Lipinski definition) is 2. The van der Waals surface area contributed by atoms with Crippen LogP contribution in [-0.2, 0) is 13.0 Å². The second-order valence-corrected chi connectivity index (χ2v) is 7.03. The van der Waals surface area contributed by atoms with Gasteiger partial charge < -0.3 is 9.88 Å². The maximum absolute atomic E-state index is 12.8. The molecule has 0 saturated carbocycles. The third-order valence-electron chi connectivity index (χ3n) is 4.96. The summed E-state index contributed by atoms with van der Waals surface area (Å²) in [5, 5.41) is 4.03. The fourth-order valence-corrected chi connectivity index (χ4v) is 3.41. The van der Waals surface area contributed by atoms with Gasteiger partial charge in [0.05, 0.1) is 5.56 Å². The van der Waals surface area contributed by atoms with Gasteiger partial charge in [0.25, 0.3) is 5.91 Å². The van der Waals surface area contributed by atoms with E-state index in [4.69, 9.17) is 0 Å². The van der Waals surface area contributed by atoms with E-state index >= 15 is 0 Å². The predicted octanol–water partition coefficient (Wildman–Crippen LogP) is 4.37. The van der Waals surface area contributed by atoms with Crippen LogP contribution < -0.4 is 5.32 Å². The molecule has 0 unspecified atom stereocenters. The number of pyridine rings is 1. The topological polar surface area (TPSA) is 46.9 Å². The van der Waals surface area contributed by atoms with Crippen LogP contribution in [0.15, 0.2) is 79.3 Å². The Labute approximate surface area is 164 Å². The second kappa shape index (κ2) is 8.09. The van der Waals surface area contributed by atoms with Gasteiger partial charge in [-0.15, -0.1) is 0 Å². The van der Waals surface area contributed by atoms with Crippen LogP contribution in [0.4, 0.5) is 0 Å². The van der Waals surface area contributed by atoms with Crippen molar-refractivity contribution in [1.29, 1.82) is 0 Å². The van der Waals surface area contributed by atoms with Gasteiger partial charge in [-0.3, -0.25) is 9.78 Å². The molecule has 0 aliphatic rings. The summed E-state index contributed by atoms with van der Waals surface area (Å²) in [5.74, 6) is -0.0343. The molecule has 0 bridgehead atoms.